The first-order valence-electron chi connectivity index (χ1n) is 7.89. The van der Waals surface area contributed by atoms with Crippen molar-refractivity contribution in [3.05, 3.63) is 47.2 Å². The lowest BCUT2D eigenvalue weighted by Crippen LogP contribution is -2.30. The number of oxazole rings is 1. The topological polar surface area (TPSA) is 105 Å². The molecule has 0 aliphatic rings. The van der Waals surface area contributed by atoms with Gasteiger partial charge in [0.25, 0.3) is 5.91 Å². The quantitative estimate of drug-likeness (QED) is 0.669. The number of rotatable bonds is 6. The molecule has 3 rings (SSSR count). The number of esters is 1. The van der Waals surface area contributed by atoms with Crippen molar-refractivity contribution >= 4 is 39.3 Å². The molecular weight excluding hydrogens is 354 g/mol. The Labute approximate surface area is 153 Å². The van der Waals surface area contributed by atoms with Gasteiger partial charge in [0.1, 0.15) is 16.6 Å². The number of ether oxygens (including phenoxy) is 1. The van der Waals surface area contributed by atoms with Gasteiger partial charge in [-0.2, -0.15) is 5.26 Å². The fourth-order valence-electron chi connectivity index (χ4n) is 2.25. The third kappa shape index (κ3) is 4.07. The lowest BCUT2D eigenvalue weighted by molar-refractivity contribution is -0.153. The third-order valence-corrected chi connectivity index (χ3v) is 4.41. The zero-order valence-electron chi connectivity index (χ0n) is 13.9. The fourth-order valence-corrected chi connectivity index (χ4v) is 2.99. The number of carbonyl (C=O) groups is 2. The van der Waals surface area contributed by atoms with Crippen LogP contribution in [0.3, 0.4) is 0 Å². The molecule has 1 atom stereocenters. The molecule has 0 unspecified atom stereocenters. The summed E-state index contributed by atoms with van der Waals surface area (Å²) in [7, 11) is 0. The number of anilines is 1. The minimum absolute atomic E-state index is 0.0485. The van der Waals surface area contributed by atoms with Gasteiger partial charge in [-0.1, -0.05) is 12.1 Å². The van der Waals surface area contributed by atoms with E-state index in [-0.39, 0.29) is 12.8 Å². The van der Waals surface area contributed by atoms with Crippen molar-refractivity contribution in [2.75, 3.05) is 5.32 Å². The van der Waals surface area contributed by atoms with Gasteiger partial charge >= 0.3 is 5.97 Å². The molecule has 0 fully saturated rings. The van der Waals surface area contributed by atoms with Gasteiger partial charge in [-0.05, 0) is 30.5 Å². The molecule has 2 aromatic heterocycles. The van der Waals surface area contributed by atoms with E-state index in [9.17, 15) is 9.59 Å². The molecule has 8 heteroatoms. The molecule has 2 heterocycles. The van der Waals surface area contributed by atoms with E-state index in [2.05, 4.69) is 10.3 Å². The summed E-state index contributed by atoms with van der Waals surface area (Å²) in [6, 6.07) is 10.9. The highest BCUT2D eigenvalue weighted by molar-refractivity contribution is 7.14. The van der Waals surface area contributed by atoms with Gasteiger partial charge in [0.15, 0.2) is 17.6 Å². The van der Waals surface area contributed by atoms with Crippen LogP contribution in [-0.4, -0.2) is 23.0 Å². The first-order chi connectivity index (χ1) is 12.6. The Hall–Kier alpha value is -3.18. The maximum atomic E-state index is 12.1. The maximum Gasteiger partial charge on any atom is 0.307 e. The number of hydrogen-bond donors (Lipinski definition) is 1. The maximum absolute atomic E-state index is 12.1. The highest BCUT2D eigenvalue weighted by atomic mass is 32.1. The summed E-state index contributed by atoms with van der Waals surface area (Å²) in [4.78, 5) is 28.3. The highest BCUT2D eigenvalue weighted by Crippen LogP contribution is 2.22. The Morgan fingerprint density at radius 3 is 2.96 bits per heavy atom. The van der Waals surface area contributed by atoms with E-state index >= 15 is 0 Å². The Kier molecular flexibility index (Phi) is 5.29. The van der Waals surface area contributed by atoms with Crippen LogP contribution < -0.4 is 5.32 Å². The van der Waals surface area contributed by atoms with Gasteiger partial charge < -0.3 is 14.5 Å². The second kappa shape index (κ2) is 7.80. The third-order valence-electron chi connectivity index (χ3n) is 3.58. The molecule has 0 aliphatic carbocycles. The number of fused-ring (bicyclic) bond motifs is 1. The lowest BCUT2D eigenvalue weighted by Gasteiger charge is -2.12. The Bertz CT molecular complexity index is 953. The monoisotopic (exact) mass is 369 g/mol. The summed E-state index contributed by atoms with van der Waals surface area (Å²) < 4.78 is 10.7. The van der Waals surface area contributed by atoms with Gasteiger partial charge in [0.05, 0.1) is 12.0 Å². The van der Waals surface area contributed by atoms with Crippen molar-refractivity contribution in [1.82, 2.24) is 4.98 Å². The standard InChI is InChI=1S/C18H15N3O4S/c1-11(17(23)21-18-12(10-19)8-9-26-18)24-16(22)7-6-15-20-13-4-2-3-5-14(13)25-15/h2-5,8-9,11H,6-7H2,1H3,(H,21,23)/t11-/m1/s1. The van der Waals surface area contributed by atoms with Crippen molar-refractivity contribution in [2.45, 2.75) is 25.9 Å². The molecule has 0 spiro atoms. The van der Waals surface area contributed by atoms with Gasteiger partial charge in [0, 0.05) is 6.42 Å². The summed E-state index contributed by atoms with van der Waals surface area (Å²) in [5.74, 6) is -0.571. The smallest absolute Gasteiger partial charge is 0.307 e. The van der Waals surface area contributed by atoms with Crippen LogP contribution in [0.2, 0.25) is 0 Å². The van der Waals surface area contributed by atoms with Crippen molar-refractivity contribution in [3.63, 3.8) is 0 Å². The minimum Gasteiger partial charge on any atom is -0.453 e. The Morgan fingerprint density at radius 2 is 2.19 bits per heavy atom. The second-order valence-electron chi connectivity index (χ2n) is 5.47. The van der Waals surface area contributed by atoms with Crippen LogP contribution in [-0.2, 0) is 20.7 Å². The molecule has 3 aromatic rings. The molecule has 132 valence electrons. The van der Waals surface area contributed by atoms with Gasteiger partial charge in [0.2, 0.25) is 0 Å². The van der Waals surface area contributed by atoms with Crippen LogP contribution in [0.1, 0.15) is 24.8 Å². The molecule has 0 bridgehead atoms. The van der Waals surface area contributed by atoms with Crippen molar-refractivity contribution in [2.24, 2.45) is 0 Å². The summed E-state index contributed by atoms with van der Waals surface area (Å²) in [5.41, 5.74) is 1.76. The van der Waals surface area contributed by atoms with E-state index < -0.39 is 18.0 Å². The predicted molar refractivity (Wildman–Crippen MR) is 95.5 cm³/mol. The molecule has 7 nitrogen and oxygen atoms in total. The molecule has 1 aromatic carbocycles. The Balaban J connectivity index is 1.50. The first kappa shape index (κ1) is 17.6. The zero-order valence-corrected chi connectivity index (χ0v) is 14.7. The largest absolute Gasteiger partial charge is 0.453 e. The summed E-state index contributed by atoms with van der Waals surface area (Å²) in [5, 5.41) is 13.7. The normalized spacial score (nSPS) is 11.7. The SMILES string of the molecule is C[C@@H](OC(=O)CCc1nc2ccccc2o1)C(=O)Nc1sccc1C#N. The molecule has 0 saturated heterocycles. The van der Waals surface area contributed by atoms with E-state index in [1.165, 1.54) is 18.3 Å². The van der Waals surface area contributed by atoms with E-state index in [0.717, 1.165) is 5.52 Å². The number of thiophene rings is 1. The number of aryl methyl sites for hydroxylation is 1. The number of aromatic nitrogens is 1. The van der Waals surface area contributed by atoms with Crippen molar-refractivity contribution in [3.8, 4) is 6.07 Å². The molecule has 0 radical (unpaired) electrons. The predicted octanol–water partition coefficient (Wildman–Crippen LogP) is 3.26. The average Bonchev–Trinajstić information content (AvgIpc) is 3.25. The molecule has 0 saturated carbocycles. The van der Waals surface area contributed by atoms with Crippen LogP contribution in [0.5, 0.6) is 0 Å². The highest BCUT2D eigenvalue weighted by Gasteiger charge is 2.20. The van der Waals surface area contributed by atoms with Crippen LogP contribution in [0, 0.1) is 11.3 Å². The average molecular weight is 369 g/mol. The van der Waals surface area contributed by atoms with Crippen LogP contribution in [0.25, 0.3) is 11.1 Å². The number of nitriles is 1. The van der Waals surface area contributed by atoms with E-state index in [1.54, 1.807) is 17.5 Å². The van der Waals surface area contributed by atoms with E-state index in [4.69, 9.17) is 14.4 Å². The van der Waals surface area contributed by atoms with E-state index in [0.29, 0.717) is 22.0 Å². The van der Waals surface area contributed by atoms with Crippen molar-refractivity contribution in [1.29, 1.82) is 5.26 Å². The summed E-state index contributed by atoms with van der Waals surface area (Å²) in [6.45, 7) is 1.48. The molecule has 0 aliphatic heterocycles. The Morgan fingerprint density at radius 1 is 1.38 bits per heavy atom. The zero-order chi connectivity index (χ0) is 18.5. The first-order valence-corrected chi connectivity index (χ1v) is 8.77. The van der Waals surface area contributed by atoms with E-state index in [1.807, 2.05) is 24.3 Å². The number of carbonyl (C=O) groups excluding carboxylic acids is 2. The second-order valence-corrected chi connectivity index (χ2v) is 6.39. The number of para-hydroxylation sites is 2. The van der Waals surface area contributed by atoms with Crippen LogP contribution in [0.15, 0.2) is 40.1 Å². The van der Waals surface area contributed by atoms with Crippen LogP contribution in [0.4, 0.5) is 5.00 Å². The lowest BCUT2D eigenvalue weighted by atomic mass is 10.3. The number of benzene rings is 1. The molecular formula is C18H15N3O4S. The van der Waals surface area contributed by atoms with Gasteiger partial charge in [-0.3, -0.25) is 9.59 Å². The summed E-state index contributed by atoms with van der Waals surface area (Å²) in [6.07, 6.45) is -0.641. The number of nitrogens with zero attached hydrogens (tertiary/aromatic N) is 2. The number of nitrogens with one attached hydrogen (secondary N) is 1. The van der Waals surface area contributed by atoms with Gasteiger partial charge in [-0.25, -0.2) is 4.98 Å². The van der Waals surface area contributed by atoms with Crippen LogP contribution >= 0.6 is 11.3 Å². The molecule has 1 amide bonds. The molecule has 1 N–H and O–H groups in total. The molecule has 26 heavy (non-hydrogen) atoms. The van der Waals surface area contributed by atoms with Gasteiger partial charge in [-0.15, -0.1) is 11.3 Å². The number of hydrogen-bond acceptors (Lipinski definition) is 7. The fraction of sp³-hybridized carbons (Fsp3) is 0.222. The summed E-state index contributed by atoms with van der Waals surface area (Å²) >= 11 is 1.23. The minimum atomic E-state index is -0.972. The van der Waals surface area contributed by atoms with Crippen molar-refractivity contribution < 1.29 is 18.7 Å². The number of amides is 1.